The molecule has 1 aliphatic rings. The Balaban J connectivity index is 2.28. The normalized spacial score (nSPS) is 18.5. The first kappa shape index (κ1) is 14.2. The third-order valence-corrected chi connectivity index (χ3v) is 3.00. The fraction of sp³-hybridized carbons (Fsp3) is 0.250. The summed E-state index contributed by atoms with van der Waals surface area (Å²) in [5.74, 6) is -0.389. The monoisotopic (exact) mass is 271 g/mol. The van der Waals surface area contributed by atoms with E-state index in [1.54, 1.807) is 18.2 Å². The van der Waals surface area contributed by atoms with Gasteiger partial charge in [-0.25, -0.2) is 4.90 Å². The van der Waals surface area contributed by atoms with Crippen molar-refractivity contribution in [2.24, 2.45) is 0 Å². The van der Waals surface area contributed by atoms with E-state index in [1.807, 2.05) is 45.4 Å². The van der Waals surface area contributed by atoms with Crippen molar-refractivity contribution in [3.05, 3.63) is 53.8 Å². The topological polar surface area (TPSA) is 41.8 Å². The Morgan fingerprint density at radius 3 is 2.45 bits per heavy atom. The van der Waals surface area contributed by atoms with Crippen LogP contribution in [0.25, 0.3) is 0 Å². The number of benzene rings is 1. The lowest BCUT2D eigenvalue weighted by atomic mass is 10.1. The summed E-state index contributed by atoms with van der Waals surface area (Å²) in [6.07, 6.45) is 3.97. The van der Waals surface area contributed by atoms with Gasteiger partial charge in [0.15, 0.2) is 0 Å². The van der Waals surface area contributed by atoms with Crippen molar-refractivity contribution in [1.82, 2.24) is 0 Å². The predicted molar refractivity (Wildman–Crippen MR) is 78.2 cm³/mol. The van der Waals surface area contributed by atoms with Gasteiger partial charge in [0.2, 0.25) is 5.91 Å². The Labute approximate surface area is 119 Å². The maximum atomic E-state index is 12.3. The number of carbonyl (C=O) groups excluding carboxylic acids is 2. The molecule has 0 saturated carbocycles. The summed E-state index contributed by atoms with van der Waals surface area (Å²) >= 11 is 0. The van der Waals surface area contributed by atoms with Crippen molar-refractivity contribution >= 4 is 17.5 Å². The van der Waals surface area contributed by atoms with Crippen molar-refractivity contribution < 1.29 is 14.5 Å². The number of anilines is 1. The highest BCUT2D eigenvalue weighted by Gasteiger charge is 2.34. The number of amides is 2. The summed E-state index contributed by atoms with van der Waals surface area (Å²) in [5.41, 5.74) is 2.16. The molecule has 0 atom stereocenters. The summed E-state index contributed by atoms with van der Waals surface area (Å²) in [5, 5.41) is 0. The van der Waals surface area contributed by atoms with Gasteiger partial charge in [0.25, 0.3) is 5.91 Å². The molecule has 1 fully saturated rings. The van der Waals surface area contributed by atoms with E-state index in [0.717, 1.165) is 10.5 Å². The highest BCUT2D eigenvalue weighted by atomic mass is 16.2. The minimum Gasteiger partial charge on any atom is -0.313 e. The van der Waals surface area contributed by atoms with Crippen LogP contribution in [0.3, 0.4) is 0 Å². The van der Waals surface area contributed by atoms with Gasteiger partial charge in [0.05, 0.1) is 32.4 Å². The number of hydrogen-bond donors (Lipinski definition) is 1. The number of hydrogen-bond acceptors (Lipinski definition) is 2. The standard InChI is InChI=1S/C16H18N2O2/c1-12(11-17(2)3)9-13-10-15(19)18(16(13)20)14-7-5-4-6-8-14/h4-9,11H,10H2,1-3H3/p+1/b12-11?,13-9+. The smallest absolute Gasteiger partial charge is 0.261 e. The molecule has 0 radical (unpaired) electrons. The lowest BCUT2D eigenvalue weighted by Gasteiger charge is -2.12. The molecule has 4 nitrogen and oxygen atoms in total. The average Bonchev–Trinajstić information content (AvgIpc) is 2.64. The molecule has 104 valence electrons. The van der Waals surface area contributed by atoms with Gasteiger partial charge in [0.1, 0.15) is 0 Å². The molecule has 0 aliphatic carbocycles. The van der Waals surface area contributed by atoms with Gasteiger partial charge in [-0.15, -0.1) is 0 Å². The summed E-state index contributed by atoms with van der Waals surface area (Å²) in [4.78, 5) is 26.8. The third-order valence-electron chi connectivity index (χ3n) is 3.00. The first-order chi connectivity index (χ1) is 9.49. The van der Waals surface area contributed by atoms with Crippen molar-refractivity contribution in [3.63, 3.8) is 0 Å². The minimum absolute atomic E-state index is 0.168. The average molecular weight is 271 g/mol. The second-order valence-corrected chi connectivity index (χ2v) is 5.18. The summed E-state index contributed by atoms with van der Waals surface area (Å²) in [7, 11) is 4.00. The maximum absolute atomic E-state index is 12.3. The first-order valence-electron chi connectivity index (χ1n) is 6.60. The molecule has 1 aromatic carbocycles. The fourth-order valence-electron chi connectivity index (χ4n) is 2.30. The van der Waals surface area contributed by atoms with Gasteiger partial charge in [-0.1, -0.05) is 18.2 Å². The quantitative estimate of drug-likeness (QED) is 0.656. The Bertz CT molecular complexity index is 586. The molecule has 1 saturated heterocycles. The first-order valence-corrected chi connectivity index (χ1v) is 6.60. The van der Waals surface area contributed by atoms with E-state index in [9.17, 15) is 9.59 Å². The van der Waals surface area contributed by atoms with Crippen LogP contribution in [0.5, 0.6) is 0 Å². The van der Waals surface area contributed by atoms with E-state index in [-0.39, 0.29) is 18.2 Å². The van der Waals surface area contributed by atoms with Gasteiger partial charge in [0, 0.05) is 11.1 Å². The van der Waals surface area contributed by atoms with Crippen molar-refractivity contribution in [2.75, 3.05) is 19.0 Å². The van der Waals surface area contributed by atoms with Crippen molar-refractivity contribution in [1.29, 1.82) is 0 Å². The van der Waals surface area contributed by atoms with Crippen molar-refractivity contribution in [2.45, 2.75) is 13.3 Å². The molecular weight excluding hydrogens is 252 g/mol. The number of para-hydroxylation sites is 1. The van der Waals surface area contributed by atoms with Crippen LogP contribution in [-0.2, 0) is 9.59 Å². The van der Waals surface area contributed by atoms with E-state index < -0.39 is 0 Å². The van der Waals surface area contributed by atoms with Crippen molar-refractivity contribution in [3.8, 4) is 0 Å². The highest BCUT2D eigenvalue weighted by Crippen LogP contribution is 2.26. The number of quaternary nitrogens is 1. The molecule has 1 heterocycles. The summed E-state index contributed by atoms with van der Waals surface area (Å²) in [6, 6.07) is 9.03. The van der Waals surface area contributed by atoms with Crippen LogP contribution in [0, 0.1) is 0 Å². The Morgan fingerprint density at radius 1 is 1.20 bits per heavy atom. The second-order valence-electron chi connectivity index (χ2n) is 5.18. The van der Waals surface area contributed by atoms with E-state index in [4.69, 9.17) is 0 Å². The van der Waals surface area contributed by atoms with Gasteiger partial charge < -0.3 is 4.90 Å². The molecule has 0 aromatic heterocycles. The van der Waals surface area contributed by atoms with Crippen LogP contribution in [0.1, 0.15) is 13.3 Å². The fourth-order valence-corrected chi connectivity index (χ4v) is 2.30. The lowest BCUT2D eigenvalue weighted by molar-refractivity contribution is -0.801. The van der Waals surface area contributed by atoms with Crippen LogP contribution in [-0.4, -0.2) is 25.9 Å². The Morgan fingerprint density at radius 2 is 1.85 bits per heavy atom. The van der Waals surface area contributed by atoms with Gasteiger partial charge in [-0.3, -0.25) is 9.59 Å². The zero-order valence-electron chi connectivity index (χ0n) is 12.0. The molecule has 20 heavy (non-hydrogen) atoms. The molecule has 1 aliphatic heterocycles. The zero-order valence-corrected chi connectivity index (χ0v) is 12.0. The second kappa shape index (κ2) is 5.84. The van der Waals surface area contributed by atoms with E-state index in [2.05, 4.69) is 0 Å². The van der Waals surface area contributed by atoms with Crippen LogP contribution in [0.15, 0.2) is 53.8 Å². The van der Waals surface area contributed by atoms with Crippen LogP contribution in [0.2, 0.25) is 0 Å². The molecule has 1 aromatic rings. The number of nitrogens with zero attached hydrogens (tertiary/aromatic N) is 1. The Kier molecular flexibility index (Phi) is 4.15. The summed E-state index contributed by atoms with van der Waals surface area (Å²) < 4.78 is 0. The SMILES string of the molecule is CC(=C[NH+](C)C)/C=C1\CC(=O)N(c2ccccc2)C1=O. The molecule has 0 unspecified atom stereocenters. The Hall–Kier alpha value is -2.20. The zero-order chi connectivity index (χ0) is 14.7. The van der Waals surface area contributed by atoms with E-state index >= 15 is 0 Å². The largest absolute Gasteiger partial charge is 0.313 e. The molecule has 0 bridgehead atoms. The lowest BCUT2D eigenvalue weighted by Crippen LogP contribution is -3.00. The number of imide groups is 1. The minimum atomic E-state index is -0.220. The number of nitrogens with one attached hydrogen (secondary N) is 1. The molecule has 1 N–H and O–H groups in total. The van der Waals surface area contributed by atoms with Gasteiger partial charge in [-0.05, 0) is 25.1 Å². The molecule has 2 rings (SSSR count). The summed E-state index contributed by atoms with van der Waals surface area (Å²) in [6.45, 7) is 1.93. The number of carbonyl (C=O) groups is 2. The van der Waals surface area contributed by atoms with Crippen LogP contribution < -0.4 is 9.80 Å². The maximum Gasteiger partial charge on any atom is 0.261 e. The molecule has 4 heteroatoms. The molecule has 2 amide bonds. The molecule has 0 spiro atoms. The number of allylic oxidation sites excluding steroid dienone is 2. The van der Waals surface area contributed by atoms with Gasteiger partial charge in [-0.2, -0.15) is 0 Å². The van der Waals surface area contributed by atoms with E-state index in [0.29, 0.717) is 11.3 Å². The predicted octanol–water partition coefficient (Wildman–Crippen LogP) is 0.925. The molecular formula is C16H19N2O2+. The van der Waals surface area contributed by atoms with Crippen LogP contribution in [0.4, 0.5) is 5.69 Å². The third kappa shape index (κ3) is 3.03. The van der Waals surface area contributed by atoms with Crippen LogP contribution >= 0.6 is 0 Å². The van der Waals surface area contributed by atoms with E-state index in [1.165, 1.54) is 4.90 Å². The van der Waals surface area contributed by atoms with Gasteiger partial charge >= 0.3 is 0 Å². The highest BCUT2D eigenvalue weighted by molar-refractivity contribution is 6.28. The number of rotatable bonds is 3.